The van der Waals surface area contributed by atoms with Crippen LogP contribution in [0.5, 0.6) is 5.75 Å². The monoisotopic (exact) mass is 256 g/mol. The molecule has 1 atom stereocenters. The second-order valence-electron chi connectivity index (χ2n) is 4.68. The maximum absolute atomic E-state index is 10.6. The molecule has 6 heteroatoms. The summed E-state index contributed by atoms with van der Waals surface area (Å²) in [4.78, 5) is 2.06. The predicted octanol–water partition coefficient (Wildman–Crippen LogP) is 0.00960. The Morgan fingerprint density at radius 3 is 2.67 bits per heavy atom. The molecular weight excluding hydrogens is 232 g/mol. The van der Waals surface area contributed by atoms with Gasteiger partial charge in [0, 0.05) is 13.1 Å². The molecule has 0 saturated heterocycles. The predicted molar refractivity (Wildman–Crippen MR) is 70.6 cm³/mol. The van der Waals surface area contributed by atoms with Crippen molar-refractivity contribution in [1.82, 2.24) is 14.7 Å². The normalized spacial score (nSPS) is 14.8. The number of hydrogen-bond donors (Lipinski definition) is 2. The summed E-state index contributed by atoms with van der Waals surface area (Å²) in [5.74, 6) is 0.587. The third kappa shape index (κ3) is 3.01. The van der Waals surface area contributed by atoms with Crippen molar-refractivity contribution in [3.63, 3.8) is 0 Å². The zero-order valence-corrected chi connectivity index (χ0v) is 11.7. The van der Waals surface area contributed by atoms with Crippen molar-refractivity contribution in [3.8, 4) is 5.75 Å². The van der Waals surface area contributed by atoms with E-state index in [1.54, 1.807) is 18.0 Å². The Balaban J connectivity index is 3.09. The fourth-order valence-electron chi connectivity index (χ4n) is 1.86. The van der Waals surface area contributed by atoms with Crippen molar-refractivity contribution in [2.45, 2.75) is 25.5 Å². The first-order valence-electron chi connectivity index (χ1n) is 6.16. The van der Waals surface area contributed by atoms with Gasteiger partial charge >= 0.3 is 0 Å². The van der Waals surface area contributed by atoms with Crippen LogP contribution in [0.25, 0.3) is 0 Å². The molecule has 1 unspecified atom stereocenters. The van der Waals surface area contributed by atoms with Gasteiger partial charge in [0.2, 0.25) is 0 Å². The van der Waals surface area contributed by atoms with Crippen LogP contribution in [0.1, 0.15) is 19.0 Å². The van der Waals surface area contributed by atoms with Gasteiger partial charge in [0.05, 0.1) is 19.9 Å². The van der Waals surface area contributed by atoms with Gasteiger partial charge < -0.3 is 20.5 Å². The third-order valence-corrected chi connectivity index (χ3v) is 3.15. The highest BCUT2D eigenvalue weighted by molar-refractivity contribution is 5.31. The zero-order valence-electron chi connectivity index (χ0n) is 11.7. The van der Waals surface area contributed by atoms with Crippen LogP contribution in [-0.2, 0) is 12.1 Å². The lowest BCUT2D eigenvalue weighted by Crippen LogP contribution is -2.37. The first-order chi connectivity index (χ1) is 8.48. The summed E-state index contributed by atoms with van der Waals surface area (Å²) in [6.45, 7) is 3.57. The van der Waals surface area contributed by atoms with E-state index in [0.29, 0.717) is 24.4 Å². The Bertz CT molecular complexity index is 372. The molecule has 1 aromatic rings. The molecule has 104 valence electrons. The Morgan fingerprint density at radius 2 is 2.22 bits per heavy atom. The molecule has 1 rings (SSSR count). The summed E-state index contributed by atoms with van der Waals surface area (Å²) in [5, 5.41) is 14.8. The number of hydrogen-bond acceptors (Lipinski definition) is 5. The van der Waals surface area contributed by atoms with Crippen molar-refractivity contribution < 1.29 is 9.84 Å². The molecule has 6 nitrogen and oxygen atoms in total. The number of aliphatic hydroxyl groups is 1. The molecule has 0 radical (unpaired) electrons. The number of methoxy groups -OCH3 is 1. The maximum atomic E-state index is 10.6. The lowest BCUT2D eigenvalue weighted by Gasteiger charge is -2.27. The largest absolute Gasteiger partial charge is 0.493 e. The molecule has 1 aromatic heterocycles. The van der Waals surface area contributed by atoms with Crippen molar-refractivity contribution in [2.75, 3.05) is 34.3 Å². The van der Waals surface area contributed by atoms with Gasteiger partial charge in [0.25, 0.3) is 0 Å². The summed E-state index contributed by atoms with van der Waals surface area (Å²) < 4.78 is 7.04. The lowest BCUT2D eigenvalue weighted by atomic mass is 9.96. The van der Waals surface area contributed by atoms with Gasteiger partial charge in [-0.1, -0.05) is 6.92 Å². The van der Waals surface area contributed by atoms with Crippen LogP contribution >= 0.6 is 0 Å². The summed E-state index contributed by atoms with van der Waals surface area (Å²) in [6.07, 6.45) is 2.15. The second-order valence-corrected chi connectivity index (χ2v) is 4.68. The Hall–Kier alpha value is -1.11. The fraction of sp³-hybridized carbons (Fsp3) is 0.750. The fourth-order valence-corrected chi connectivity index (χ4v) is 1.86. The zero-order chi connectivity index (χ0) is 13.8. The van der Waals surface area contributed by atoms with E-state index in [1.807, 2.05) is 21.0 Å². The standard InChI is InChI=1S/C12H24N4O2/c1-5-12(17,9-13)11-10(18-4)8-14-16(11)7-6-15(2)3/h8,17H,5-7,9,13H2,1-4H3. The Morgan fingerprint density at radius 1 is 1.56 bits per heavy atom. The number of likely N-dealkylation sites (N-methyl/N-ethyl adjacent to an activating group) is 1. The highest BCUT2D eigenvalue weighted by atomic mass is 16.5. The quantitative estimate of drug-likeness (QED) is 0.718. The van der Waals surface area contributed by atoms with E-state index >= 15 is 0 Å². The molecule has 0 saturated carbocycles. The van der Waals surface area contributed by atoms with Gasteiger partial charge in [-0.15, -0.1) is 0 Å². The van der Waals surface area contributed by atoms with E-state index in [0.717, 1.165) is 6.54 Å². The molecule has 3 N–H and O–H groups in total. The molecule has 0 aliphatic carbocycles. The topological polar surface area (TPSA) is 76.5 Å². The van der Waals surface area contributed by atoms with E-state index < -0.39 is 5.60 Å². The van der Waals surface area contributed by atoms with Crippen molar-refractivity contribution in [3.05, 3.63) is 11.9 Å². The van der Waals surface area contributed by atoms with Crippen LogP contribution in [0.2, 0.25) is 0 Å². The van der Waals surface area contributed by atoms with Crippen LogP contribution in [-0.4, -0.2) is 54.1 Å². The summed E-state index contributed by atoms with van der Waals surface area (Å²) in [6, 6.07) is 0. The first kappa shape index (κ1) is 14.9. The van der Waals surface area contributed by atoms with Crippen molar-refractivity contribution in [2.24, 2.45) is 5.73 Å². The van der Waals surface area contributed by atoms with Gasteiger partial charge in [-0.25, -0.2) is 0 Å². The molecule has 0 aliphatic rings. The molecule has 0 fully saturated rings. The Labute approximate surface area is 108 Å². The minimum atomic E-state index is -1.09. The van der Waals surface area contributed by atoms with Crippen LogP contribution in [0.3, 0.4) is 0 Å². The molecule has 0 bridgehead atoms. The van der Waals surface area contributed by atoms with E-state index in [4.69, 9.17) is 10.5 Å². The van der Waals surface area contributed by atoms with E-state index in [-0.39, 0.29) is 6.54 Å². The number of ether oxygens (including phenoxy) is 1. The SMILES string of the molecule is CCC(O)(CN)c1c(OC)cnn1CCN(C)C. The van der Waals surface area contributed by atoms with Gasteiger partial charge in [0.1, 0.15) is 11.3 Å². The molecular formula is C12H24N4O2. The summed E-state index contributed by atoms with van der Waals surface area (Å²) in [7, 11) is 5.56. The minimum Gasteiger partial charge on any atom is -0.493 e. The van der Waals surface area contributed by atoms with Gasteiger partial charge in [-0.05, 0) is 20.5 Å². The van der Waals surface area contributed by atoms with E-state index in [2.05, 4.69) is 10.00 Å². The summed E-state index contributed by atoms with van der Waals surface area (Å²) in [5.41, 5.74) is 5.27. The summed E-state index contributed by atoms with van der Waals surface area (Å²) >= 11 is 0. The third-order valence-electron chi connectivity index (χ3n) is 3.15. The minimum absolute atomic E-state index is 0.146. The molecule has 0 aromatic carbocycles. The van der Waals surface area contributed by atoms with Crippen LogP contribution in [0, 0.1) is 0 Å². The maximum Gasteiger partial charge on any atom is 0.162 e. The highest BCUT2D eigenvalue weighted by Crippen LogP contribution is 2.31. The van der Waals surface area contributed by atoms with Gasteiger partial charge in [-0.3, -0.25) is 4.68 Å². The van der Waals surface area contributed by atoms with Crippen LogP contribution < -0.4 is 10.5 Å². The number of aromatic nitrogens is 2. The van der Waals surface area contributed by atoms with E-state index in [1.165, 1.54) is 0 Å². The molecule has 1 heterocycles. The lowest BCUT2D eigenvalue weighted by molar-refractivity contribution is 0.0297. The Kier molecular flexibility index (Phi) is 5.13. The second kappa shape index (κ2) is 6.17. The van der Waals surface area contributed by atoms with Crippen LogP contribution in [0.4, 0.5) is 0 Å². The van der Waals surface area contributed by atoms with Gasteiger partial charge in [-0.2, -0.15) is 5.10 Å². The van der Waals surface area contributed by atoms with Crippen LogP contribution in [0.15, 0.2) is 6.20 Å². The molecule has 0 spiro atoms. The highest BCUT2D eigenvalue weighted by Gasteiger charge is 2.33. The van der Waals surface area contributed by atoms with Crippen molar-refractivity contribution in [1.29, 1.82) is 0 Å². The molecule has 0 aliphatic heterocycles. The first-order valence-corrected chi connectivity index (χ1v) is 6.16. The number of nitrogens with two attached hydrogens (primary N) is 1. The van der Waals surface area contributed by atoms with Crippen molar-refractivity contribution >= 4 is 0 Å². The average Bonchev–Trinajstić information content (AvgIpc) is 2.79. The number of nitrogens with zero attached hydrogens (tertiary/aromatic N) is 3. The smallest absolute Gasteiger partial charge is 0.162 e. The average molecular weight is 256 g/mol. The number of rotatable bonds is 7. The van der Waals surface area contributed by atoms with Gasteiger partial charge in [0.15, 0.2) is 5.75 Å². The molecule has 18 heavy (non-hydrogen) atoms. The van der Waals surface area contributed by atoms with E-state index in [9.17, 15) is 5.11 Å². The molecule has 0 amide bonds.